The lowest BCUT2D eigenvalue weighted by Gasteiger charge is -2.71. The quantitative estimate of drug-likeness (QED) is 0.258. The minimum atomic E-state index is -0.971. The number of hydrogen-bond acceptors (Lipinski definition) is 7. The average molecular weight is 789 g/mol. The van der Waals surface area contributed by atoms with Crippen LogP contribution in [0.25, 0.3) is 11.5 Å². The number of aromatic nitrogens is 1. The molecule has 8 heteroatoms. The first-order valence-corrected chi connectivity index (χ1v) is 21.7. The van der Waals surface area contributed by atoms with E-state index in [0.717, 1.165) is 62.5 Å². The zero-order valence-corrected chi connectivity index (χ0v) is 36.8. The largest absolute Gasteiger partial charge is 0.462 e. The molecule has 4 fully saturated rings. The minimum Gasteiger partial charge on any atom is -0.462 e. The average Bonchev–Trinajstić information content (AvgIpc) is 3.67. The fraction of sp³-hybridized carbons (Fsp3) is 0.708. The zero-order chi connectivity index (χ0) is 41.0. The molecule has 9 atom stereocenters. The van der Waals surface area contributed by atoms with E-state index < -0.39 is 11.0 Å². The van der Waals surface area contributed by atoms with E-state index in [9.17, 15) is 14.4 Å². The highest BCUT2D eigenvalue weighted by molar-refractivity contribution is 6.30. The van der Waals surface area contributed by atoms with Crippen LogP contribution >= 0.6 is 11.6 Å². The molecule has 1 unspecified atom stereocenters. The third-order valence-corrected chi connectivity index (χ3v) is 16.4. The summed E-state index contributed by atoms with van der Waals surface area (Å²) in [5, 5.41) is 0.660. The van der Waals surface area contributed by atoms with Gasteiger partial charge in [-0.15, -0.1) is 0 Å². The van der Waals surface area contributed by atoms with Gasteiger partial charge in [0.2, 0.25) is 5.89 Å². The number of ketones is 1. The van der Waals surface area contributed by atoms with Crippen LogP contribution in [0.5, 0.6) is 0 Å². The normalized spacial score (nSPS) is 35.4. The molecule has 1 aromatic carbocycles. The molecule has 5 aliphatic rings. The molecule has 0 N–H and O–H groups in total. The molecular formula is C48H66ClNO6. The molecule has 0 aliphatic heterocycles. The Kier molecular flexibility index (Phi) is 10.2. The molecule has 56 heavy (non-hydrogen) atoms. The summed E-state index contributed by atoms with van der Waals surface area (Å²) in [5.41, 5.74) is 1.77. The number of ether oxygens (including phenoxy) is 2. The number of esters is 2. The monoisotopic (exact) mass is 787 g/mol. The molecule has 0 amide bonds. The number of nitrogens with zero attached hydrogens (tertiary/aromatic N) is 1. The smallest absolute Gasteiger partial charge is 0.312 e. The second-order valence-corrected chi connectivity index (χ2v) is 22.0. The van der Waals surface area contributed by atoms with E-state index in [2.05, 4.69) is 53.5 Å². The maximum absolute atomic E-state index is 14.6. The molecule has 1 heterocycles. The second-order valence-electron chi connectivity index (χ2n) is 21.6. The minimum absolute atomic E-state index is 0.00458. The SMILES string of the molecule is CC(C)C1=C2C(CC[C@]3(C)[C@@H]2CC[C@@H]2[C@@]4(C)CC[C@H](OC(=O)CC(C)(C)C(=O)OC(C)(C)C)C(C)(C)[C@@H]4CC[C@]23C)[C@H](c2cnc(-c3ccc(Cl)cc3)o2)C1=O. The fourth-order valence-corrected chi connectivity index (χ4v) is 13.5. The Morgan fingerprint density at radius 1 is 0.893 bits per heavy atom. The summed E-state index contributed by atoms with van der Waals surface area (Å²) in [6.45, 7) is 25.8. The van der Waals surface area contributed by atoms with Crippen molar-refractivity contribution in [1.82, 2.24) is 4.98 Å². The number of carbonyl (C=O) groups excluding carboxylic acids is 3. The summed E-state index contributed by atoms with van der Waals surface area (Å²) < 4.78 is 18.4. The lowest BCUT2D eigenvalue weighted by atomic mass is 9.33. The summed E-state index contributed by atoms with van der Waals surface area (Å²) in [5.74, 6) is 1.98. The van der Waals surface area contributed by atoms with E-state index in [1.807, 2.05) is 45.0 Å². The van der Waals surface area contributed by atoms with Crippen molar-refractivity contribution in [1.29, 1.82) is 0 Å². The Bertz CT molecular complexity index is 1910. The van der Waals surface area contributed by atoms with Crippen molar-refractivity contribution in [3.8, 4) is 11.5 Å². The van der Waals surface area contributed by atoms with Crippen molar-refractivity contribution >= 4 is 29.3 Å². The summed E-state index contributed by atoms with van der Waals surface area (Å²) in [7, 11) is 0. The number of Topliss-reactive ketones (excluding diaryl/α,β-unsaturated/α-hetero) is 1. The number of hydrogen-bond donors (Lipinski definition) is 0. The van der Waals surface area contributed by atoms with Gasteiger partial charge in [0.25, 0.3) is 0 Å². The number of rotatable bonds is 7. The maximum atomic E-state index is 14.6. The van der Waals surface area contributed by atoms with E-state index >= 15 is 0 Å². The number of fused-ring (bicyclic) bond motifs is 7. The van der Waals surface area contributed by atoms with E-state index in [1.165, 1.54) is 5.57 Å². The van der Waals surface area contributed by atoms with Crippen LogP contribution in [0.2, 0.25) is 5.02 Å². The van der Waals surface area contributed by atoms with Gasteiger partial charge in [-0.2, -0.15) is 0 Å². The molecule has 7 nitrogen and oxygen atoms in total. The first-order valence-electron chi connectivity index (χ1n) is 21.4. The van der Waals surface area contributed by atoms with Crippen molar-refractivity contribution in [3.05, 3.63) is 52.4 Å². The van der Waals surface area contributed by atoms with Crippen molar-refractivity contribution in [2.75, 3.05) is 0 Å². The maximum Gasteiger partial charge on any atom is 0.312 e. The molecule has 0 saturated heterocycles. The van der Waals surface area contributed by atoms with Crippen molar-refractivity contribution in [2.45, 2.75) is 158 Å². The molecule has 0 spiro atoms. The van der Waals surface area contributed by atoms with Crippen LogP contribution in [0.4, 0.5) is 0 Å². The fourth-order valence-electron chi connectivity index (χ4n) is 13.3. The highest BCUT2D eigenvalue weighted by Crippen LogP contribution is 2.76. The Morgan fingerprint density at radius 3 is 2.20 bits per heavy atom. The van der Waals surface area contributed by atoms with Crippen LogP contribution in [0, 0.1) is 56.7 Å². The van der Waals surface area contributed by atoms with Gasteiger partial charge in [0.1, 0.15) is 17.5 Å². The van der Waals surface area contributed by atoms with Gasteiger partial charge in [-0.1, -0.05) is 65.6 Å². The van der Waals surface area contributed by atoms with Gasteiger partial charge in [0.15, 0.2) is 5.78 Å². The summed E-state index contributed by atoms with van der Waals surface area (Å²) in [6, 6.07) is 7.50. The molecule has 0 bridgehead atoms. The molecule has 4 saturated carbocycles. The number of carbonyl (C=O) groups is 3. The Balaban J connectivity index is 1.12. The van der Waals surface area contributed by atoms with Crippen LogP contribution in [0.15, 0.2) is 46.0 Å². The summed E-state index contributed by atoms with van der Waals surface area (Å²) in [4.78, 5) is 45.7. The van der Waals surface area contributed by atoms with Crippen LogP contribution in [-0.2, 0) is 23.9 Å². The molecule has 2 aromatic rings. The first-order chi connectivity index (χ1) is 25.9. The van der Waals surface area contributed by atoms with Crippen LogP contribution in [0.3, 0.4) is 0 Å². The van der Waals surface area contributed by atoms with Gasteiger partial charge in [-0.05, 0) is 162 Å². The van der Waals surface area contributed by atoms with Crippen LogP contribution in [-0.4, -0.2) is 34.4 Å². The molecule has 1 aromatic heterocycles. The van der Waals surface area contributed by atoms with Gasteiger partial charge in [0, 0.05) is 16.0 Å². The van der Waals surface area contributed by atoms with E-state index in [1.54, 1.807) is 20.0 Å². The third kappa shape index (κ3) is 6.53. The molecule has 5 aliphatic carbocycles. The molecular weight excluding hydrogens is 722 g/mol. The van der Waals surface area contributed by atoms with Crippen molar-refractivity contribution < 1.29 is 28.3 Å². The number of allylic oxidation sites excluding steroid dienone is 2. The highest BCUT2D eigenvalue weighted by atomic mass is 35.5. The van der Waals surface area contributed by atoms with Gasteiger partial charge in [-0.25, -0.2) is 4.98 Å². The molecule has 0 radical (unpaired) electrons. The van der Waals surface area contributed by atoms with E-state index in [-0.39, 0.29) is 69.7 Å². The highest BCUT2D eigenvalue weighted by Gasteiger charge is 2.69. The number of benzene rings is 1. The summed E-state index contributed by atoms with van der Waals surface area (Å²) in [6.07, 6.45) is 9.91. The Morgan fingerprint density at radius 2 is 1.55 bits per heavy atom. The van der Waals surface area contributed by atoms with Gasteiger partial charge in [0.05, 0.1) is 24.0 Å². The predicted molar refractivity (Wildman–Crippen MR) is 220 cm³/mol. The van der Waals surface area contributed by atoms with Crippen LogP contribution < -0.4 is 0 Å². The molecule has 306 valence electrons. The van der Waals surface area contributed by atoms with E-state index in [0.29, 0.717) is 34.4 Å². The second kappa shape index (κ2) is 13.8. The lowest BCUT2D eigenvalue weighted by Crippen LogP contribution is -2.65. The van der Waals surface area contributed by atoms with Crippen molar-refractivity contribution in [3.63, 3.8) is 0 Å². The molecule has 7 rings (SSSR count). The number of oxazole rings is 1. The first kappa shape index (κ1) is 41.2. The van der Waals surface area contributed by atoms with Gasteiger partial charge in [-0.3, -0.25) is 14.4 Å². The van der Waals surface area contributed by atoms with Crippen LogP contribution in [0.1, 0.15) is 153 Å². The zero-order valence-electron chi connectivity index (χ0n) is 36.1. The summed E-state index contributed by atoms with van der Waals surface area (Å²) >= 11 is 6.15. The van der Waals surface area contributed by atoms with E-state index in [4.69, 9.17) is 25.5 Å². The predicted octanol–water partition coefficient (Wildman–Crippen LogP) is 12.0. The van der Waals surface area contributed by atoms with Gasteiger partial charge >= 0.3 is 11.9 Å². The lowest BCUT2D eigenvalue weighted by molar-refractivity contribution is -0.231. The third-order valence-electron chi connectivity index (χ3n) is 16.1. The topological polar surface area (TPSA) is 95.7 Å². The standard InChI is InChI=1S/C48H66ClNO6/c1-27(2)37-38-30(39(40(37)52)32-26-50-41(54-32)28-13-15-29(49)16-14-28)19-23-47(11)31(38)17-18-34-46(10)22-21-35(45(8,9)33(46)20-24-48(34,47)12)55-36(51)25-44(6,7)42(53)56-43(3,4)5/h13-16,26-27,30-31,33-35,39H,17-25H2,1-12H3/t30?,31-,33+,34-,35+,39-,46+,47-,48-/m1/s1. The Hall–Kier alpha value is -2.93. The van der Waals surface area contributed by atoms with Crippen molar-refractivity contribution in [2.24, 2.45) is 56.7 Å². The van der Waals surface area contributed by atoms with Gasteiger partial charge < -0.3 is 13.9 Å². The number of halogens is 1. The Labute approximate surface area is 340 Å².